The highest BCUT2D eigenvalue weighted by molar-refractivity contribution is 5.43. The summed E-state index contributed by atoms with van der Waals surface area (Å²) in [6.45, 7) is 4.64. The van der Waals surface area contributed by atoms with Crippen LogP contribution in [0.1, 0.15) is 34.9 Å². The summed E-state index contributed by atoms with van der Waals surface area (Å²) in [6, 6.07) is 11.6. The highest BCUT2D eigenvalue weighted by Gasteiger charge is 2.29. The fourth-order valence-corrected chi connectivity index (χ4v) is 3.28. The van der Waals surface area contributed by atoms with Crippen molar-refractivity contribution in [2.45, 2.75) is 32.7 Å². The Morgan fingerprint density at radius 3 is 2.54 bits per heavy atom. The zero-order valence-electron chi connectivity index (χ0n) is 16.7. The first-order chi connectivity index (χ1) is 13.5. The Hall–Kier alpha value is -2.83. The predicted octanol–water partition coefficient (Wildman–Crippen LogP) is 3.71. The van der Waals surface area contributed by atoms with Crippen LogP contribution in [0.5, 0.6) is 11.5 Å². The first-order valence-electron chi connectivity index (χ1n) is 9.06. The summed E-state index contributed by atoms with van der Waals surface area (Å²) in [5.41, 5.74) is 3.34. The highest BCUT2D eigenvalue weighted by Crippen LogP contribution is 2.32. The molecule has 6 nitrogen and oxygen atoms in total. The van der Waals surface area contributed by atoms with E-state index in [4.69, 9.17) is 14.2 Å². The number of aliphatic hydroxyl groups is 1. The standard InChI is InChI=1S/C22H26N2O4/c1-15-17(6-5-7-18(15)22(2,25)21-11-23-14-24-21)13-28-12-16-8-9-19(26-3)20(10-16)27-4/h5-11,14,25H,12-13H2,1-4H3,(H,23,24). The molecule has 0 saturated carbocycles. The van der Waals surface area contributed by atoms with E-state index < -0.39 is 5.60 Å². The maximum absolute atomic E-state index is 11.0. The number of imidazole rings is 1. The second kappa shape index (κ2) is 8.46. The lowest BCUT2D eigenvalue weighted by Gasteiger charge is -2.25. The summed E-state index contributed by atoms with van der Waals surface area (Å²) in [7, 11) is 3.23. The van der Waals surface area contributed by atoms with Gasteiger partial charge in [-0.25, -0.2) is 4.98 Å². The number of aromatic nitrogens is 2. The summed E-state index contributed by atoms with van der Waals surface area (Å²) < 4.78 is 16.5. The van der Waals surface area contributed by atoms with E-state index in [2.05, 4.69) is 9.97 Å². The van der Waals surface area contributed by atoms with Crippen molar-refractivity contribution in [1.82, 2.24) is 9.97 Å². The molecule has 1 atom stereocenters. The van der Waals surface area contributed by atoms with E-state index in [0.29, 0.717) is 30.4 Å². The van der Waals surface area contributed by atoms with Gasteiger partial charge in [-0.15, -0.1) is 0 Å². The average molecular weight is 382 g/mol. The number of hydrogen-bond acceptors (Lipinski definition) is 5. The van der Waals surface area contributed by atoms with Crippen LogP contribution in [0, 0.1) is 6.92 Å². The van der Waals surface area contributed by atoms with Gasteiger partial charge in [0.1, 0.15) is 5.60 Å². The molecular weight excluding hydrogens is 356 g/mol. The lowest BCUT2D eigenvalue weighted by molar-refractivity contribution is 0.0944. The fraction of sp³-hybridized carbons (Fsp3) is 0.318. The molecule has 1 heterocycles. The van der Waals surface area contributed by atoms with Crippen molar-refractivity contribution in [2.24, 2.45) is 0 Å². The average Bonchev–Trinajstić information content (AvgIpc) is 3.24. The van der Waals surface area contributed by atoms with Crippen LogP contribution in [0.2, 0.25) is 0 Å². The topological polar surface area (TPSA) is 76.6 Å². The molecule has 0 aliphatic carbocycles. The van der Waals surface area contributed by atoms with Crippen LogP contribution in [-0.4, -0.2) is 29.3 Å². The van der Waals surface area contributed by atoms with E-state index in [0.717, 1.165) is 22.3 Å². The maximum Gasteiger partial charge on any atom is 0.161 e. The van der Waals surface area contributed by atoms with E-state index in [-0.39, 0.29) is 0 Å². The van der Waals surface area contributed by atoms with Gasteiger partial charge in [0.2, 0.25) is 0 Å². The summed E-state index contributed by atoms with van der Waals surface area (Å²) in [5, 5.41) is 11.0. The van der Waals surface area contributed by atoms with Gasteiger partial charge in [-0.05, 0) is 48.2 Å². The lowest BCUT2D eigenvalue weighted by Crippen LogP contribution is -2.25. The fourth-order valence-electron chi connectivity index (χ4n) is 3.28. The Bertz CT molecular complexity index is 920. The molecule has 0 spiro atoms. The van der Waals surface area contributed by atoms with Gasteiger partial charge >= 0.3 is 0 Å². The molecule has 3 aromatic rings. The molecule has 28 heavy (non-hydrogen) atoms. The molecule has 6 heteroatoms. The molecule has 148 valence electrons. The van der Waals surface area contributed by atoms with Crippen molar-refractivity contribution in [3.05, 3.63) is 76.9 Å². The third-order valence-electron chi connectivity index (χ3n) is 4.97. The first kappa shape index (κ1) is 19.9. The minimum atomic E-state index is -1.15. The van der Waals surface area contributed by atoms with Gasteiger partial charge in [-0.1, -0.05) is 24.3 Å². The number of ether oxygens (including phenoxy) is 3. The lowest BCUT2D eigenvalue weighted by atomic mass is 9.87. The monoisotopic (exact) mass is 382 g/mol. The van der Waals surface area contributed by atoms with Gasteiger partial charge in [0, 0.05) is 0 Å². The van der Waals surface area contributed by atoms with E-state index >= 15 is 0 Å². The van der Waals surface area contributed by atoms with E-state index in [1.165, 1.54) is 0 Å². The van der Waals surface area contributed by atoms with Crippen LogP contribution >= 0.6 is 0 Å². The van der Waals surface area contributed by atoms with Crippen LogP contribution in [0.4, 0.5) is 0 Å². The molecule has 0 aliphatic heterocycles. The minimum Gasteiger partial charge on any atom is -0.493 e. The van der Waals surface area contributed by atoms with E-state index in [1.54, 1.807) is 33.7 Å². The number of methoxy groups -OCH3 is 2. The van der Waals surface area contributed by atoms with Crippen molar-refractivity contribution in [3.63, 3.8) is 0 Å². The van der Waals surface area contributed by atoms with Crippen molar-refractivity contribution in [1.29, 1.82) is 0 Å². The smallest absolute Gasteiger partial charge is 0.161 e. The normalized spacial score (nSPS) is 13.2. The number of nitrogens with one attached hydrogen (secondary N) is 1. The molecule has 0 radical (unpaired) electrons. The Kier molecular flexibility index (Phi) is 6.02. The molecule has 2 aromatic carbocycles. The number of rotatable bonds is 8. The third kappa shape index (κ3) is 4.03. The summed E-state index contributed by atoms with van der Waals surface area (Å²) in [4.78, 5) is 7.01. The van der Waals surface area contributed by atoms with Gasteiger partial charge in [0.05, 0.1) is 45.7 Å². The molecule has 0 aliphatic rings. The van der Waals surface area contributed by atoms with E-state index in [9.17, 15) is 5.11 Å². The first-order valence-corrected chi connectivity index (χ1v) is 9.06. The van der Waals surface area contributed by atoms with Gasteiger partial charge in [-0.2, -0.15) is 0 Å². The van der Waals surface area contributed by atoms with Crippen molar-refractivity contribution >= 4 is 0 Å². The highest BCUT2D eigenvalue weighted by atomic mass is 16.5. The molecule has 3 rings (SSSR count). The van der Waals surface area contributed by atoms with Gasteiger partial charge in [-0.3, -0.25) is 0 Å². The zero-order valence-corrected chi connectivity index (χ0v) is 16.7. The molecule has 1 aromatic heterocycles. The van der Waals surface area contributed by atoms with E-state index in [1.807, 2.05) is 43.3 Å². The van der Waals surface area contributed by atoms with Crippen molar-refractivity contribution in [3.8, 4) is 11.5 Å². The number of aromatic amines is 1. The molecule has 0 amide bonds. The Morgan fingerprint density at radius 2 is 1.86 bits per heavy atom. The van der Waals surface area contributed by atoms with Crippen molar-refractivity contribution in [2.75, 3.05) is 14.2 Å². The summed E-state index contributed by atoms with van der Waals surface area (Å²) >= 11 is 0. The van der Waals surface area contributed by atoms with Crippen LogP contribution in [-0.2, 0) is 23.6 Å². The molecule has 1 unspecified atom stereocenters. The molecule has 0 bridgehead atoms. The number of benzene rings is 2. The molecule has 2 N–H and O–H groups in total. The minimum absolute atomic E-state index is 0.438. The van der Waals surface area contributed by atoms with Crippen molar-refractivity contribution < 1.29 is 19.3 Å². The summed E-state index contributed by atoms with van der Waals surface area (Å²) in [6.07, 6.45) is 3.20. The SMILES string of the molecule is COc1ccc(COCc2cccc(C(C)(O)c3cnc[nH]3)c2C)cc1OC. The largest absolute Gasteiger partial charge is 0.493 e. The summed E-state index contributed by atoms with van der Waals surface area (Å²) in [5.74, 6) is 1.37. The number of H-pyrrole nitrogens is 1. The van der Waals surface area contributed by atoms with Gasteiger partial charge in [0.15, 0.2) is 11.5 Å². The second-order valence-corrected chi connectivity index (χ2v) is 6.81. The van der Waals surface area contributed by atoms with Crippen LogP contribution in [0.15, 0.2) is 48.9 Å². The molecule has 0 saturated heterocycles. The van der Waals surface area contributed by atoms with Gasteiger partial charge in [0.25, 0.3) is 0 Å². The quantitative estimate of drug-likeness (QED) is 0.621. The number of nitrogens with zero attached hydrogens (tertiary/aromatic N) is 1. The second-order valence-electron chi connectivity index (χ2n) is 6.81. The third-order valence-corrected chi connectivity index (χ3v) is 4.97. The zero-order chi connectivity index (χ0) is 20.1. The molecular formula is C22H26N2O4. The Labute approximate surface area is 165 Å². The Morgan fingerprint density at radius 1 is 1.07 bits per heavy atom. The van der Waals surface area contributed by atoms with Crippen LogP contribution in [0.25, 0.3) is 0 Å². The van der Waals surface area contributed by atoms with Gasteiger partial charge < -0.3 is 24.3 Å². The van der Waals surface area contributed by atoms with Crippen LogP contribution < -0.4 is 9.47 Å². The predicted molar refractivity (Wildman–Crippen MR) is 106 cm³/mol. The molecule has 0 fully saturated rings. The maximum atomic E-state index is 11.0. The number of hydrogen-bond donors (Lipinski definition) is 2. The Balaban J connectivity index is 1.72. The van der Waals surface area contributed by atoms with Crippen LogP contribution in [0.3, 0.4) is 0 Å².